The largest absolute Gasteiger partial charge is 0.395 e. The maximum absolute atomic E-state index is 12.2. The summed E-state index contributed by atoms with van der Waals surface area (Å²) in [5.74, 6) is 0.864. The summed E-state index contributed by atoms with van der Waals surface area (Å²) >= 11 is 0. The molecule has 0 atom stereocenters. The molecule has 1 saturated carbocycles. The van der Waals surface area contributed by atoms with Crippen molar-refractivity contribution in [2.75, 3.05) is 26.2 Å². The fourth-order valence-electron chi connectivity index (χ4n) is 2.47. The molecule has 1 aliphatic carbocycles. The zero-order chi connectivity index (χ0) is 12.7. The number of nitrogens with two attached hydrogens (primary N) is 1. The third-order valence-electron chi connectivity index (χ3n) is 3.56. The van der Waals surface area contributed by atoms with Crippen LogP contribution >= 0.6 is 0 Å². The van der Waals surface area contributed by atoms with Crippen LogP contribution in [0.15, 0.2) is 12.7 Å². The van der Waals surface area contributed by atoms with Crippen molar-refractivity contribution in [3.8, 4) is 0 Å². The Labute approximate surface area is 103 Å². The fraction of sp³-hybridized carbons (Fsp3) is 0.769. The number of carbonyl (C=O) groups excluding carboxylic acids is 1. The van der Waals surface area contributed by atoms with Crippen LogP contribution in [0.1, 0.15) is 25.7 Å². The quantitative estimate of drug-likeness (QED) is 0.674. The molecule has 0 aromatic heterocycles. The minimum absolute atomic E-state index is 0.0116. The lowest BCUT2D eigenvalue weighted by Crippen LogP contribution is -2.40. The lowest BCUT2D eigenvalue weighted by molar-refractivity contribution is -0.136. The van der Waals surface area contributed by atoms with Gasteiger partial charge in [-0.15, -0.1) is 6.58 Å². The van der Waals surface area contributed by atoms with Gasteiger partial charge in [0.25, 0.3) is 0 Å². The molecule has 1 fully saturated rings. The van der Waals surface area contributed by atoms with Gasteiger partial charge in [0.1, 0.15) is 0 Å². The van der Waals surface area contributed by atoms with Gasteiger partial charge in [0.15, 0.2) is 0 Å². The summed E-state index contributed by atoms with van der Waals surface area (Å²) in [7, 11) is 0. The molecule has 17 heavy (non-hydrogen) atoms. The number of aliphatic hydroxyl groups is 1. The lowest BCUT2D eigenvalue weighted by Gasteiger charge is -2.31. The van der Waals surface area contributed by atoms with Gasteiger partial charge in [-0.2, -0.15) is 0 Å². The van der Waals surface area contributed by atoms with Gasteiger partial charge < -0.3 is 15.7 Å². The van der Waals surface area contributed by atoms with E-state index in [4.69, 9.17) is 10.8 Å². The SMILES string of the molecule is C=CCN(CCO)C(=O)C1CCC(CN)CC1. The molecule has 0 aromatic rings. The summed E-state index contributed by atoms with van der Waals surface area (Å²) in [5.41, 5.74) is 5.64. The fourth-order valence-corrected chi connectivity index (χ4v) is 2.47. The second kappa shape index (κ2) is 7.45. The Balaban J connectivity index is 2.47. The van der Waals surface area contributed by atoms with Gasteiger partial charge >= 0.3 is 0 Å². The number of hydrogen-bond donors (Lipinski definition) is 2. The van der Waals surface area contributed by atoms with E-state index in [1.807, 2.05) is 0 Å². The third kappa shape index (κ3) is 4.13. The summed E-state index contributed by atoms with van der Waals surface area (Å²) in [5, 5.41) is 8.95. The average molecular weight is 240 g/mol. The number of rotatable bonds is 6. The van der Waals surface area contributed by atoms with Crippen molar-refractivity contribution in [1.82, 2.24) is 4.90 Å². The highest BCUT2D eigenvalue weighted by Crippen LogP contribution is 2.29. The van der Waals surface area contributed by atoms with E-state index in [0.29, 0.717) is 19.0 Å². The predicted octanol–water partition coefficient (Wildman–Crippen LogP) is 0.758. The van der Waals surface area contributed by atoms with Crippen molar-refractivity contribution in [1.29, 1.82) is 0 Å². The van der Waals surface area contributed by atoms with E-state index in [1.165, 1.54) is 0 Å². The van der Waals surface area contributed by atoms with E-state index in [2.05, 4.69) is 6.58 Å². The Hall–Kier alpha value is -0.870. The van der Waals surface area contributed by atoms with E-state index in [-0.39, 0.29) is 18.4 Å². The van der Waals surface area contributed by atoms with Crippen LogP contribution < -0.4 is 5.73 Å². The number of carbonyl (C=O) groups is 1. The molecule has 1 aliphatic rings. The van der Waals surface area contributed by atoms with Crippen LogP contribution in [0.5, 0.6) is 0 Å². The van der Waals surface area contributed by atoms with Crippen molar-refractivity contribution in [3.05, 3.63) is 12.7 Å². The zero-order valence-electron chi connectivity index (χ0n) is 10.5. The lowest BCUT2D eigenvalue weighted by atomic mass is 9.81. The average Bonchev–Trinajstić information content (AvgIpc) is 2.38. The Kier molecular flexibility index (Phi) is 6.22. The van der Waals surface area contributed by atoms with Gasteiger partial charge in [-0.05, 0) is 38.1 Å². The summed E-state index contributed by atoms with van der Waals surface area (Å²) in [6.07, 6.45) is 5.67. The van der Waals surface area contributed by atoms with Crippen LogP contribution in [0, 0.1) is 11.8 Å². The minimum atomic E-state index is 0.0116. The number of nitrogens with zero attached hydrogens (tertiary/aromatic N) is 1. The van der Waals surface area contributed by atoms with Gasteiger partial charge in [-0.1, -0.05) is 6.08 Å². The van der Waals surface area contributed by atoms with Gasteiger partial charge in [0, 0.05) is 19.0 Å². The second-order valence-electron chi connectivity index (χ2n) is 4.75. The van der Waals surface area contributed by atoms with Crippen LogP contribution in [0.25, 0.3) is 0 Å². The van der Waals surface area contributed by atoms with E-state index in [1.54, 1.807) is 11.0 Å². The molecule has 0 heterocycles. The van der Waals surface area contributed by atoms with Crippen molar-refractivity contribution in [2.24, 2.45) is 17.6 Å². The van der Waals surface area contributed by atoms with Crippen molar-refractivity contribution in [2.45, 2.75) is 25.7 Å². The molecule has 0 aromatic carbocycles. The molecule has 0 aliphatic heterocycles. The monoisotopic (exact) mass is 240 g/mol. The van der Waals surface area contributed by atoms with Gasteiger partial charge in [0.05, 0.1) is 6.61 Å². The highest BCUT2D eigenvalue weighted by atomic mass is 16.3. The molecule has 1 rings (SSSR count). The smallest absolute Gasteiger partial charge is 0.226 e. The highest BCUT2D eigenvalue weighted by molar-refractivity contribution is 5.79. The summed E-state index contributed by atoms with van der Waals surface area (Å²) in [6, 6.07) is 0. The first-order valence-electron chi connectivity index (χ1n) is 6.43. The standard InChI is InChI=1S/C13H24N2O2/c1-2-7-15(8-9-16)13(17)12-5-3-11(10-14)4-6-12/h2,11-12,16H,1,3-10,14H2. The minimum Gasteiger partial charge on any atom is -0.395 e. The molecule has 0 spiro atoms. The molecule has 4 heteroatoms. The first-order chi connectivity index (χ1) is 8.22. The number of hydrogen-bond acceptors (Lipinski definition) is 3. The topological polar surface area (TPSA) is 66.6 Å². The Morgan fingerprint density at radius 1 is 1.41 bits per heavy atom. The molecule has 3 N–H and O–H groups in total. The third-order valence-corrected chi connectivity index (χ3v) is 3.56. The van der Waals surface area contributed by atoms with Crippen LogP contribution in [-0.2, 0) is 4.79 Å². The molecule has 4 nitrogen and oxygen atoms in total. The number of aliphatic hydroxyl groups excluding tert-OH is 1. The van der Waals surface area contributed by atoms with Crippen molar-refractivity contribution < 1.29 is 9.90 Å². The number of amides is 1. The van der Waals surface area contributed by atoms with Gasteiger partial charge in [-0.25, -0.2) is 0 Å². The first-order valence-corrected chi connectivity index (χ1v) is 6.43. The molecule has 0 radical (unpaired) electrons. The molecule has 1 amide bonds. The molecule has 0 saturated heterocycles. The Morgan fingerprint density at radius 3 is 2.53 bits per heavy atom. The van der Waals surface area contributed by atoms with E-state index in [0.717, 1.165) is 32.2 Å². The maximum atomic E-state index is 12.2. The molecule has 0 unspecified atom stereocenters. The highest BCUT2D eigenvalue weighted by Gasteiger charge is 2.28. The van der Waals surface area contributed by atoms with E-state index in [9.17, 15) is 4.79 Å². The van der Waals surface area contributed by atoms with Crippen LogP contribution in [0.4, 0.5) is 0 Å². The Morgan fingerprint density at radius 2 is 2.06 bits per heavy atom. The first kappa shape index (κ1) is 14.2. The Bertz CT molecular complexity index is 248. The predicted molar refractivity (Wildman–Crippen MR) is 68.4 cm³/mol. The summed E-state index contributed by atoms with van der Waals surface area (Å²) in [4.78, 5) is 13.9. The van der Waals surface area contributed by atoms with Gasteiger partial charge in [0.2, 0.25) is 5.91 Å². The molecular weight excluding hydrogens is 216 g/mol. The normalized spacial score (nSPS) is 24.4. The van der Waals surface area contributed by atoms with Crippen molar-refractivity contribution in [3.63, 3.8) is 0 Å². The second-order valence-corrected chi connectivity index (χ2v) is 4.75. The molecule has 98 valence electrons. The van der Waals surface area contributed by atoms with Crippen LogP contribution in [0.2, 0.25) is 0 Å². The molecule has 0 bridgehead atoms. The van der Waals surface area contributed by atoms with Crippen molar-refractivity contribution >= 4 is 5.91 Å². The van der Waals surface area contributed by atoms with Gasteiger partial charge in [-0.3, -0.25) is 4.79 Å². The van der Waals surface area contributed by atoms with E-state index < -0.39 is 0 Å². The summed E-state index contributed by atoms with van der Waals surface area (Å²) in [6.45, 7) is 5.31. The molecular formula is C13H24N2O2. The summed E-state index contributed by atoms with van der Waals surface area (Å²) < 4.78 is 0. The van der Waals surface area contributed by atoms with Crippen LogP contribution in [0.3, 0.4) is 0 Å². The van der Waals surface area contributed by atoms with Crippen LogP contribution in [-0.4, -0.2) is 42.2 Å². The van der Waals surface area contributed by atoms with E-state index >= 15 is 0 Å². The zero-order valence-corrected chi connectivity index (χ0v) is 10.5. The maximum Gasteiger partial charge on any atom is 0.226 e.